The number of carbonyl (C=O) groups excluding carboxylic acids is 2. The maximum absolute atomic E-state index is 13.3. The molecule has 0 aliphatic carbocycles. The zero-order chi connectivity index (χ0) is 25.5. The highest BCUT2D eigenvalue weighted by atomic mass is 16.6. The molecule has 0 saturated heterocycles. The van der Waals surface area contributed by atoms with Gasteiger partial charge in [-0.2, -0.15) is 0 Å². The molecule has 3 heterocycles. The number of carbonyl (C=O) groups is 2. The summed E-state index contributed by atoms with van der Waals surface area (Å²) in [6.07, 6.45) is 1.77. The number of hydrogen-bond donors (Lipinski definition) is 0. The van der Waals surface area contributed by atoms with Gasteiger partial charge in [0.15, 0.2) is 17.3 Å². The maximum Gasteiger partial charge on any atom is 0.312 e. The molecule has 186 valence electrons. The van der Waals surface area contributed by atoms with Gasteiger partial charge in [0.05, 0.1) is 12.0 Å². The van der Waals surface area contributed by atoms with Gasteiger partial charge in [0.1, 0.15) is 37.1 Å². The summed E-state index contributed by atoms with van der Waals surface area (Å²) in [4.78, 5) is 25.9. The molecule has 3 aliphatic rings. The maximum atomic E-state index is 13.3. The quantitative estimate of drug-likeness (QED) is 0.201. The third-order valence-electron chi connectivity index (χ3n) is 6.41. The van der Waals surface area contributed by atoms with Gasteiger partial charge < -0.3 is 23.7 Å². The van der Waals surface area contributed by atoms with E-state index in [0.717, 1.165) is 16.7 Å². The Morgan fingerprint density at radius 2 is 1.78 bits per heavy atom. The number of para-hydroxylation sites is 1. The fourth-order valence-electron chi connectivity index (χ4n) is 4.77. The first-order chi connectivity index (χ1) is 18.0. The van der Waals surface area contributed by atoms with Crippen molar-refractivity contribution >= 4 is 17.8 Å². The minimum atomic E-state index is -0.408. The van der Waals surface area contributed by atoms with Gasteiger partial charge in [0, 0.05) is 17.0 Å². The molecule has 0 aromatic heterocycles. The lowest BCUT2D eigenvalue weighted by atomic mass is 9.84. The van der Waals surface area contributed by atoms with Crippen molar-refractivity contribution in [2.45, 2.75) is 19.3 Å². The van der Waals surface area contributed by atoms with Gasteiger partial charge >= 0.3 is 5.97 Å². The fraction of sp³-hybridized carbons (Fsp3) is 0.200. The number of esters is 1. The Kier molecular flexibility index (Phi) is 5.68. The molecule has 7 nitrogen and oxygen atoms in total. The van der Waals surface area contributed by atoms with Crippen molar-refractivity contribution in [3.63, 3.8) is 0 Å². The van der Waals surface area contributed by atoms with Crippen LogP contribution in [0.2, 0.25) is 0 Å². The molecular formula is C30H24O7. The average Bonchev–Trinajstić information content (AvgIpc) is 3.21. The lowest BCUT2D eigenvalue weighted by Crippen LogP contribution is -2.22. The van der Waals surface area contributed by atoms with Crippen LogP contribution in [0.15, 0.2) is 72.5 Å². The first kappa shape index (κ1) is 22.9. The van der Waals surface area contributed by atoms with Crippen molar-refractivity contribution in [3.05, 3.63) is 94.8 Å². The molecule has 0 radical (unpaired) electrons. The molecule has 37 heavy (non-hydrogen) atoms. The van der Waals surface area contributed by atoms with Crippen LogP contribution in [0.25, 0.3) is 6.08 Å². The summed E-state index contributed by atoms with van der Waals surface area (Å²) in [6, 6.07) is 16.3. The second-order valence-electron chi connectivity index (χ2n) is 9.21. The van der Waals surface area contributed by atoms with E-state index in [1.807, 2.05) is 49.4 Å². The van der Waals surface area contributed by atoms with E-state index in [2.05, 4.69) is 6.58 Å². The summed E-state index contributed by atoms with van der Waals surface area (Å²) in [5.74, 6) is 1.89. The standard InChI is InChI=1S/C30H24O7/c1-17(2)16-35-22-6-4-3-5-19(22)21-15-27(31)36-24-10-8-20-29(32)26(37-30(20)28(21)24)14-18-7-9-23-25(13-18)34-12-11-33-23/h3-10,13-14,21H,1,11-12,15-16H2,2H3/b26-14-/t21-/m1/s1. The van der Waals surface area contributed by atoms with Crippen molar-refractivity contribution in [1.29, 1.82) is 0 Å². The van der Waals surface area contributed by atoms with Crippen molar-refractivity contribution in [2.75, 3.05) is 19.8 Å². The molecule has 3 aromatic rings. The topological polar surface area (TPSA) is 80.3 Å². The summed E-state index contributed by atoms with van der Waals surface area (Å²) in [6.45, 7) is 7.12. The molecule has 0 saturated carbocycles. The van der Waals surface area contributed by atoms with E-state index in [-0.39, 0.29) is 23.9 Å². The van der Waals surface area contributed by atoms with E-state index in [9.17, 15) is 9.59 Å². The Bertz CT molecular complexity index is 1480. The zero-order valence-electron chi connectivity index (χ0n) is 20.2. The number of ether oxygens (including phenoxy) is 5. The minimum Gasteiger partial charge on any atom is -0.489 e. The highest BCUT2D eigenvalue weighted by Gasteiger charge is 2.39. The molecule has 0 bridgehead atoms. The van der Waals surface area contributed by atoms with E-state index >= 15 is 0 Å². The van der Waals surface area contributed by atoms with Crippen molar-refractivity contribution < 1.29 is 33.3 Å². The monoisotopic (exact) mass is 496 g/mol. The number of ketones is 1. The molecule has 7 heteroatoms. The van der Waals surface area contributed by atoms with Crippen LogP contribution in [-0.2, 0) is 4.79 Å². The molecule has 0 N–H and O–H groups in total. The van der Waals surface area contributed by atoms with Crippen molar-refractivity contribution in [1.82, 2.24) is 0 Å². The Morgan fingerprint density at radius 3 is 2.62 bits per heavy atom. The number of rotatable bonds is 5. The molecule has 0 amide bonds. The molecule has 1 atom stereocenters. The summed E-state index contributed by atoms with van der Waals surface area (Å²) in [7, 11) is 0. The third-order valence-corrected chi connectivity index (χ3v) is 6.41. The molecule has 0 unspecified atom stereocenters. The highest BCUT2D eigenvalue weighted by Crippen LogP contribution is 2.50. The normalized spacial score (nSPS) is 18.5. The Hall–Kier alpha value is -4.52. The first-order valence-corrected chi connectivity index (χ1v) is 12.1. The van der Waals surface area contributed by atoms with Crippen LogP contribution in [0.1, 0.15) is 46.3 Å². The van der Waals surface area contributed by atoms with Gasteiger partial charge in [0.25, 0.3) is 0 Å². The molecule has 0 fully saturated rings. The van der Waals surface area contributed by atoms with Gasteiger partial charge in [-0.15, -0.1) is 0 Å². The molecule has 3 aliphatic heterocycles. The van der Waals surface area contributed by atoms with Crippen LogP contribution < -0.4 is 23.7 Å². The van der Waals surface area contributed by atoms with Gasteiger partial charge in [-0.1, -0.05) is 30.8 Å². The SMILES string of the molecule is C=C(C)COc1ccccc1[C@H]1CC(=O)Oc2ccc3c(c21)O/C(=C\c1ccc2c(c1)OCCO2)C3=O. The van der Waals surface area contributed by atoms with Gasteiger partial charge in [-0.05, 0) is 54.5 Å². The lowest BCUT2D eigenvalue weighted by Gasteiger charge is -2.27. The van der Waals surface area contributed by atoms with E-state index < -0.39 is 5.92 Å². The predicted molar refractivity (Wildman–Crippen MR) is 136 cm³/mol. The molecule has 6 rings (SSSR count). The summed E-state index contributed by atoms with van der Waals surface area (Å²) >= 11 is 0. The number of Topliss-reactive ketones (excluding diaryl/α,β-unsaturated/α-hetero) is 1. The van der Waals surface area contributed by atoms with E-state index in [1.165, 1.54) is 0 Å². The van der Waals surface area contributed by atoms with E-state index in [4.69, 9.17) is 23.7 Å². The van der Waals surface area contributed by atoms with Gasteiger partial charge in [-0.3, -0.25) is 9.59 Å². The van der Waals surface area contributed by atoms with Crippen LogP contribution in [0, 0.1) is 0 Å². The van der Waals surface area contributed by atoms with Gasteiger partial charge in [-0.25, -0.2) is 0 Å². The third kappa shape index (κ3) is 4.22. The van der Waals surface area contributed by atoms with E-state index in [0.29, 0.717) is 59.7 Å². The summed E-state index contributed by atoms with van der Waals surface area (Å²) < 4.78 is 29.0. The Labute approximate surface area is 213 Å². The zero-order valence-corrected chi connectivity index (χ0v) is 20.2. The van der Waals surface area contributed by atoms with Crippen molar-refractivity contribution in [2.24, 2.45) is 0 Å². The van der Waals surface area contributed by atoms with Crippen LogP contribution in [0.3, 0.4) is 0 Å². The second kappa shape index (κ2) is 9.17. The summed E-state index contributed by atoms with van der Waals surface area (Å²) in [5.41, 5.74) is 3.52. The average molecular weight is 497 g/mol. The molecule has 0 spiro atoms. The van der Waals surface area contributed by atoms with Crippen LogP contribution in [0.5, 0.6) is 28.7 Å². The summed E-state index contributed by atoms with van der Waals surface area (Å²) in [5, 5.41) is 0. The Morgan fingerprint density at radius 1 is 1.00 bits per heavy atom. The number of hydrogen-bond acceptors (Lipinski definition) is 7. The Balaban J connectivity index is 1.40. The van der Waals surface area contributed by atoms with Gasteiger partial charge in [0.2, 0.25) is 5.78 Å². The highest BCUT2D eigenvalue weighted by molar-refractivity contribution is 6.15. The van der Waals surface area contributed by atoms with Crippen LogP contribution in [-0.4, -0.2) is 31.6 Å². The molecule has 3 aromatic carbocycles. The second-order valence-corrected chi connectivity index (χ2v) is 9.21. The largest absolute Gasteiger partial charge is 0.489 e. The molecular weight excluding hydrogens is 472 g/mol. The van der Waals surface area contributed by atoms with E-state index in [1.54, 1.807) is 18.2 Å². The smallest absolute Gasteiger partial charge is 0.312 e. The predicted octanol–water partition coefficient (Wildman–Crippen LogP) is 5.47. The van der Waals surface area contributed by atoms with Crippen molar-refractivity contribution in [3.8, 4) is 28.7 Å². The number of allylic oxidation sites excluding steroid dienone is 1. The number of benzene rings is 3. The minimum absolute atomic E-state index is 0.0929. The first-order valence-electron chi connectivity index (χ1n) is 12.1. The van der Waals surface area contributed by atoms with Crippen LogP contribution in [0.4, 0.5) is 0 Å². The number of fused-ring (bicyclic) bond motifs is 4. The lowest BCUT2D eigenvalue weighted by molar-refractivity contribution is -0.135. The fourth-order valence-corrected chi connectivity index (χ4v) is 4.77. The van der Waals surface area contributed by atoms with Crippen LogP contribution >= 0.6 is 0 Å².